The van der Waals surface area contributed by atoms with Crippen LogP contribution in [0.3, 0.4) is 0 Å². The third-order valence-corrected chi connectivity index (χ3v) is 18.5. The molecule has 16 rings (SSSR count). The molecule has 0 aromatic heterocycles. The molecule has 0 unspecified atom stereocenters. The highest BCUT2D eigenvalue weighted by atomic mass is 14.9. The third-order valence-electron chi connectivity index (χ3n) is 18.5. The Morgan fingerprint density at radius 3 is 1.04 bits per heavy atom. The van der Waals surface area contributed by atoms with E-state index >= 15 is 0 Å². The minimum atomic E-state index is -0.136. The maximum absolute atomic E-state index is 3.80. The van der Waals surface area contributed by atoms with Crippen LogP contribution >= 0.6 is 0 Å². The Labute approximate surface area is 469 Å². The van der Waals surface area contributed by atoms with Gasteiger partial charge in [0.25, 0.3) is 0 Å². The van der Waals surface area contributed by atoms with Crippen molar-refractivity contribution in [1.82, 2.24) is 0 Å². The first-order chi connectivity index (χ1) is 38.9. The molecule has 0 radical (unpaired) electrons. The Hall–Kier alpha value is -9.30. The maximum Gasteiger partial charge on any atom is 0.0387 e. The molecule has 0 saturated carbocycles. The van der Waals surface area contributed by atoms with Gasteiger partial charge in [0.05, 0.1) is 0 Å². The zero-order chi connectivity index (χ0) is 54.1. The molecule has 0 saturated heterocycles. The minimum Gasteiger partial charge on any atom is -0.356 e. The van der Waals surface area contributed by atoms with Crippen molar-refractivity contribution in [3.63, 3.8) is 0 Å². The third kappa shape index (κ3) is 7.37. The molecule has 3 aliphatic rings. The Kier molecular flexibility index (Phi) is 10.7. The van der Waals surface area contributed by atoms with E-state index in [1.54, 1.807) is 0 Å². The second kappa shape index (κ2) is 17.9. The van der Waals surface area contributed by atoms with Gasteiger partial charge >= 0.3 is 0 Å². The summed E-state index contributed by atoms with van der Waals surface area (Å²) in [6.07, 6.45) is 0. The number of fused-ring (bicyclic) bond motifs is 15. The molecule has 13 aromatic rings. The summed E-state index contributed by atoms with van der Waals surface area (Å²) in [7, 11) is 0. The normalized spacial score (nSPS) is 14.4. The highest BCUT2D eigenvalue weighted by Crippen LogP contribution is 2.54. The lowest BCUT2D eigenvalue weighted by atomic mass is 9.81. The van der Waals surface area contributed by atoms with Crippen LogP contribution in [0.15, 0.2) is 255 Å². The number of hydrogen-bond donors (Lipinski definition) is 1. The molecule has 1 heteroatoms. The van der Waals surface area contributed by atoms with Gasteiger partial charge in [-0.3, -0.25) is 0 Å². The lowest BCUT2D eigenvalue weighted by Gasteiger charge is -2.24. The maximum atomic E-state index is 3.80. The van der Waals surface area contributed by atoms with Crippen molar-refractivity contribution >= 4 is 54.5 Å². The molecule has 0 amide bonds. The molecule has 0 aliphatic heterocycles. The van der Waals surface area contributed by atoms with Crippen molar-refractivity contribution in [3.05, 3.63) is 288 Å². The predicted molar refractivity (Wildman–Crippen MR) is 342 cm³/mol. The summed E-state index contributed by atoms with van der Waals surface area (Å²) < 4.78 is 0. The molecule has 13 aromatic carbocycles. The summed E-state index contributed by atoms with van der Waals surface area (Å²) in [5.74, 6) is 0. The van der Waals surface area contributed by atoms with Crippen LogP contribution in [0.25, 0.3) is 110 Å². The van der Waals surface area contributed by atoms with Crippen LogP contribution < -0.4 is 5.32 Å². The average molecular weight is 1020 g/mol. The van der Waals surface area contributed by atoms with Crippen LogP contribution in [0, 0.1) is 0 Å². The molecule has 0 heterocycles. The van der Waals surface area contributed by atoms with Crippen molar-refractivity contribution in [2.45, 2.75) is 57.8 Å². The highest BCUT2D eigenvalue weighted by Gasteiger charge is 2.38. The van der Waals surface area contributed by atoms with E-state index in [9.17, 15) is 0 Å². The topological polar surface area (TPSA) is 12.0 Å². The largest absolute Gasteiger partial charge is 0.356 e. The fourth-order valence-corrected chi connectivity index (χ4v) is 14.2. The van der Waals surface area contributed by atoms with Gasteiger partial charge in [0.1, 0.15) is 0 Å². The molecule has 1 N–H and O–H groups in total. The van der Waals surface area contributed by atoms with Crippen molar-refractivity contribution in [2.75, 3.05) is 5.32 Å². The van der Waals surface area contributed by atoms with E-state index < -0.39 is 0 Å². The standard InChI is InChI=1S/C50H39N.C29H22/c1-49(2)45-27-32(31-12-6-5-7-13-31)18-22-40(45)42-24-20-35(29-47(42)49)51-36-21-25-43-41-23-19-34(28-46(41)50(3,4)48(43)30-36)44-26-33-14-8-9-15-37(33)38-16-10-11-17-39(38)44;1-29(2)27-14-8-7-13-24(27)25-16-15-20(18-28(25)29)26-17-19-9-3-4-10-21(19)22-11-5-6-12-23(22)26/h5-30,51H,1-4H3;3-18H,1-2H3. The summed E-state index contributed by atoms with van der Waals surface area (Å²) in [5, 5.41) is 14.2. The Morgan fingerprint density at radius 1 is 0.212 bits per heavy atom. The van der Waals surface area contributed by atoms with Crippen LogP contribution in [-0.2, 0) is 16.2 Å². The first-order valence-electron chi connectivity index (χ1n) is 28.4. The lowest BCUT2D eigenvalue weighted by Crippen LogP contribution is -2.15. The van der Waals surface area contributed by atoms with Crippen molar-refractivity contribution in [1.29, 1.82) is 0 Å². The number of nitrogens with one attached hydrogen (secondary N) is 1. The highest BCUT2D eigenvalue weighted by molar-refractivity contribution is 6.15. The van der Waals surface area contributed by atoms with E-state index in [2.05, 4.69) is 302 Å². The number of anilines is 2. The van der Waals surface area contributed by atoms with Gasteiger partial charge in [0.15, 0.2) is 0 Å². The molecule has 382 valence electrons. The van der Waals surface area contributed by atoms with Crippen LogP contribution in [0.2, 0.25) is 0 Å². The van der Waals surface area contributed by atoms with E-state index in [4.69, 9.17) is 0 Å². The second-order valence-electron chi connectivity index (χ2n) is 24.1. The smallest absolute Gasteiger partial charge is 0.0387 e. The van der Waals surface area contributed by atoms with E-state index in [1.165, 1.54) is 143 Å². The van der Waals surface area contributed by atoms with Crippen LogP contribution in [0.1, 0.15) is 74.9 Å². The van der Waals surface area contributed by atoms with Gasteiger partial charge in [-0.05, 0) is 198 Å². The average Bonchev–Trinajstić information content (AvgIpc) is 3.95. The summed E-state index contributed by atoms with van der Waals surface area (Å²) in [4.78, 5) is 0. The zero-order valence-electron chi connectivity index (χ0n) is 46.2. The van der Waals surface area contributed by atoms with E-state index in [1.807, 2.05) is 0 Å². The van der Waals surface area contributed by atoms with Crippen LogP contribution in [0.5, 0.6) is 0 Å². The number of benzene rings is 13. The lowest BCUT2D eigenvalue weighted by molar-refractivity contribution is 0.660. The van der Waals surface area contributed by atoms with Gasteiger partial charge < -0.3 is 5.32 Å². The molecule has 0 spiro atoms. The second-order valence-corrected chi connectivity index (χ2v) is 24.1. The van der Waals surface area contributed by atoms with Gasteiger partial charge in [0, 0.05) is 27.6 Å². The van der Waals surface area contributed by atoms with Gasteiger partial charge in [-0.15, -0.1) is 0 Å². The monoisotopic (exact) mass is 1020 g/mol. The number of hydrogen-bond acceptors (Lipinski definition) is 1. The van der Waals surface area contributed by atoms with Gasteiger partial charge in [-0.2, -0.15) is 0 Å². The SMILES string of the molecule is CC1(C)c2cc(Nc3ccc4c(c3)C(C)(C)c3cc(-c5cc6ccccc6c6ccccc56)ccc3-4)ccc2-c2ccc(-c3ccccc3)cc21.CC1(C)c2ccccc2-c2ccc(-c3cc4ccccc4c4ccccc34)cc21. The van der Waals surface area contributed by atoms with E-state index in [-0.39, 0.29) is 16.2 Å². The molecule has 0 fully saturated rings. The fourth-order valence-electron chi connectivity index (χ4n) is 14.2. The van der Waals surface area contributed by atoms with Crippen molar-refractivity contribution in [3.8, 4) is 66.8 Å². The molecule has 80 heavy (non-hydrogen) atoms. The summed E-state index contributed by atoms with van der Waals surface area (Å²) in [5.41, 5.74) is 26.2. The zero-order valence-corrected chi connectivity index (χ0v) is 46.2. The fraction of sp³-hybridized carbons (Fsp3) is 0.114. The number of rotatable bonds is 5. The van der Waals surface area contributed by atoms with E-state index in [0.717, 1.165) is 11.4 Å². The summed E-state index contributed by atoms with van der Waals surface area (Å²) >= 11 is 0. The Morgan fingerprint density at radius 2 is 0.550 bits per heavy atom. The molecule has 0 atom stereocenters. The molecule has 3 aliphatic carbocycles. The van der Waals surface area contributed by atoms with Crippen molar-refractivity contribution in [2.24, 2.45) is 0 Å². The van der Waals surface area contributed by atoms with Gasteiger partial charge in [0.2, 0.25) is 0 Å². The molecule has 0 bridgehead atoms. The van der Waals surface area contributed by atoms with E-state index in [0.29, 0.717) is 0 Å². The molecular weight excluding hydrogens is 963 g/mol. The first-order valence-corrected chi connectivity index (χ1v) is 28.4. The van der Waals surface area contributed by atoms with Gasteiger partial charge in [-0.1, -0.05) is 242 Å². The quantitative estimate of drug-likeness (QED) is 0.169. The summed E-state index contributed by atoms with van der Waals surface area (Å²) in [6.45, 7) is 14.2. The van der Waals surface area contributed by atoms with Crippen LogP contribution in [0.4, 0.5) is 11.4 Å². The Balaban J connectivity index is 0.000000161. The molecular formula is C79H61N. The minimum absolute atomic E-state index is 0.0224. The van der Waals surface area contributed by atoms with Gasteiger partial charge in [-0.25, -0.2) is 0 Å². The Bertz CT molecular complexity index is 4700. The van der Waals surface area contributed by atoms with Crippen molar-refractivity contribution < 1.29 is 0 Å². The summed E-state index contributed by atoms with van der Waals surface area (Å²) in [6, 6.07) is 94.3. The predicted octanol–water partition coefficient (Wildman–Crippen LogP) is 21.6. The first kappa shape index (κ1) is 47.9. The van der Waals surface area contributed by atoms with Crippen LogP contribution in [-0.4, -0.2) is 0 Å². The molecule has 1 nitrogen and oxygen atoms in total.